The summed E-state index contributed by atoms with van der Waals surface area (Å²) in [5.74, 6) is -3.34. The van der Waals surface area contributed by atoms with Crippen molar-refractivity contribution in [2.45, 2.75) is 57.4 Å². The smallest absolute Gasteiger partial charge is 0.326 e. The SMILES string of the molecule is NC(=O)C[C@H](NC(=O)CCCCCCCC(=O)O)C(=O)O. The molecule has 0 heterocycles. The molecule has 0 aliphatic heterocycles. The molecule has 120 valence electrons. The van der Waals surface area contributed by atoms with Gasteiger partial charge in [0.2, 0.25) is 11.8 Å². The molecule has 0 aliphatic carbocycles. The lowest BCUT2D eigenvalue weighted by Crippen LogP contribution is -2.43. The lowest BCUT2D eigenvalue weighted by molar-refractivity contribution is -0.143. The van der Waals surface area contributed by atoms with Crippen molar-refractivity contribution < 1.29 is 29.4 Å². The van der Waals surface area contributed by atoms with E-state index in [2.05, 4.69) is 5.32 Å². The van der Waals surface area contributed by atoms with Gasteiger partial charge >= 0.3 is 11.9 Å². The number of nitrogens with two attached hydrogens (primary N) is 1. The van der Waals surface area contributed by atoms with Gasteiger partial charge in [-0.05, 0) is 12.8 Å². The van der Waals surface area contributed by atoms with E-state index < -0.39 is 36.2 Å². The maximum absolute atomic E-state index is 11.5. The van der Waals surface area contributed by atoms with Gasteiger partial charge < -0.3 is 21.3 Å². The van der Waals surface area contributed by atoms with Crippen molar-refractivity contribution in [3.8, 4) is 0 Å². The summed E-state index contributed by atoms with van der Waals surface area (Å²) >= 11 is 0. The lowest BCUT2D eigenvalue weighted by Gasteiger charge is -2.12. The molecule has 0 radical (unpaired) electrons. The number of carbonyl (C=O) groups is 4. The average Bonchev–Trinajstić information content (AvgIpc) is 2.35. The molecule has 5 N–H and O–H groups in total. The highest BCUT2D eigenvalue weighted by Crippen LogP contribution is 2.07. The van der Waals surface area contributed by atoms with E-state index in [4.69, 9.17) is 15.9 Å². The molecule has 0 rings (SSSR count). The number of primary amides is 1. The molecule has 8 heteroatoms. The van der Waals surface area contributed by atoms with E-state index in [-0.39, 0.29) is 12.8 Å². The van der Waals surface area contributed by atoms with Crippen LogP contribution in [0.4, 0.5) is 0 Å². The predicted molar refractivity (Wildman–Crippen MR) is 73.3 cm³/mol. The van der Waals surface area contributed by atoms with Crippen LogP contribution in [-0.4, -0.2) is 40.0 Å². The number of carbonyl (C=O) groups excluding carboxylic acids is 2. The van der Waals surface area contributed by atoms with E-state index >= 15 is 0 Å². The summed E-state index contributed by atoms with van der Waals surface area (Å²) in [5.41, 5.74) is 4.90. The first-order valence-electron chi connectivity index (χ1n) is 6.85. The van der Waals surface area contributed by atoms with Crippen molar-refractivity contribution in [1.29, 1.82) is 0 Å². The van der Waals surface area contributed by atoms with Crippen LogP contribution in [0.3, 0.4) is 0 Å². The van der Waals surface area contributed by atoms with E-state index in [1.807, 2.05) is 0 Å². The van der Waals surface area contributed by atoms with Gasteiger partial charge in [0.05, 0.1) is 6.42 Å². The van der Waals surface area contributed by atoms with Crippen LogP contribution in [0.1, 0.15) is 51.4 Å². The number of unbranched alkanes of at least 4 members (excludes halogenated alkanes) is 4. The summed E-state index contributed by atoms with van der Waals surface area (Å²) in [6.45, 7) is 0. The Hall–Kier alpha value is -2.12. The van der Waals surface area contributed by atoms with E-state index in [1.165, 1.54) is 0 Å². The van der Waals surface area contributed by atoms with E-state index in [1.54, 1.807) is 0 Å². The van der Waals surface area contributed by atoms with E-state index in [9.17, 15) is 19.2 Å². The number of nitrogens with one attached hydrogen (secondary N) is 1. The van der Waals surface area contributed by atoms with Crippen LogP contribution < -0.4 is 11.1 Å². The number of hydrogen-bond acceptors (Lipinski definition) is 4. The average molecular weight is 302 g/mol. The van der Waals surface area contributed by atoms with Crippen LogP contribution in [0.25, 0.3) is 0 Å². The minimum absolute atomic E-state index is 0.147. The Bertz CT molecular complexity index is 383. The monoisotopic (exact) mass is 302 g/mol. The van der Waals surface area contributed by atoms with Crippen LogP contribution in [0, 0.1) is 0 Å². The Balaban J connectivity index is 3.76. The predicted octanol–water partition coefficient (Wildman–Crippen LogP) is 0.246. The molecule has 0 unspecified atom stereocenters. The Morgan fingerprint density at radius 3 is 1.90 bits per heavy atom. The zero-order valence-corrected chi connectivity index (χ0v) is 11.8. The molecular formula is C13H22N2O6. The lowest BCUT2D eigenvalue weighted by atomic mass is 10.1. The Morgan fingerprint density at radius 1 is 0.905 bits per heavy atom. The number of carboxylic acid groups (broad SMARTS) is 2. The van der Waals surface area contributed by atoms with Crippen molar-refractivity contribution in [3.05, 3.63) is 0 Å². The molecule has 0 saturated heterocycles. The molecule has 21 heavy (non-hydrogen) atoms. The van der Waals surface area contributed by atoms with Crippen molar-refractivity contribution in [2.75, 3.05) is 0 Å². The number of rotatable bonds is 12. The topological polar surface area (TPSA) is 147 Å². The molecule has 0 saturated carbocycles. The largest absolute Gasteiger partial charge is 0.481 e. The third-order valence-corrected chi connectivity index (χ3v) is 2.83. The summed E-state index contributed by atoms with van der Waals surface area (Å²) in [4.78, 5) is 43.3. The minimum atomic E-state index is -1.30. The second kappa shape index (κ2) is 10.6. The second-order valence-electron chi connectivity index (χ2n) is 4.79. The van der Waals surface area contributed by atoms with Gasteiger partial charge in [0.25, 0.3) is 0 Å². The maximum atomic E-state index is 11.5. The Morgan fingerprint density at radius 2 is 1.43 bits per heavy atom. The molecule has 0 aliphatic rings. The van der Waals surface area contributed by atoms with Gasteiger partial charge in [0.1, 0.15) is 6.04 Å². The highest BCUT2D eigenvalue weighted by molar-refractivity contribution is 5.88. The molecular weight excluding hydrogens is 280 g/mol. The molecule has 0 bridgehead atoms. The van der Waals surface area contributed by atoms with Crippen molar-refractivity contribution in [3.63, 3.8) is 0 Å². The van der Waals surface area contributed by atoms with Crippen LogP contribution in [0.15, 0.2) is 0 Å². The first-order chi connectivity index (χ1) is 9.82. The normalized spacial score (nSPS) is 11.6. The van der Waals surface area contributed by atoms with Crippen molar-refractivity contribution in [2.24, 2.45) is 5.73 Å². The summed E-state index contributed by atoms with van der Waals surface area (Å²) in [7, 11) is 0. The second-order valence-corrected chi connectivity index (χ2v) is 4.79. The molecule has 0 spiro atoms. The third kappa shape index (κ3) is 11.4. The number of hydrogen-bond donors (Lipinski definition) is 4. The quantitative estimate of drug-likeness (QED) is 0.380. The molecule has 0 fully saturated rings. The first kappa shape index (κ1) is 18.9. The van der Waals surface area contributed by atoms with Crippen LogP contribution in [-0.2, 0) is 19.2 Å². The summed E-state index contributed by atoms with van der Waals surface area (Å²) < 4.78 is 0. The first-order valence-corrected chi connectivity index (χ1v) is 6.85. The highest BCUT2D eigenvalue weighted by Gasteiger charge is 2.21. The number of carboxylic acids is 2. The number of amides is 2. The highest BCUT2D eigenvalue weighted by atomic mass is 16.4. The molecule has 2 amide bonds. The van der Waals surface area contributed by atoms with Crippen LogP contribution >= 0.6 is 0 Å². The fourth-order valence-corrected chi connectivity index (χ4v) is 1.76. The zero-order valence-electron chi connectivity index (χ0n) is 11.8. The molecule has 0 aromatic rings. The fraction of sp³-hybridized carbons (Fsp3) is 0.692. The van der Waals surface area contributed by atoms with Crippen LogP contribution in [0.2, 0.25) is 0 Å². The van der Waals surface area contributed by atoms with Gasteiger partial charge in [-0.3, -0.25) is 14.4 Å². The summed E-state index contributed by atoms with van der Waals surface area (Å²) in [5, 5.41) is 19.5. The summed E-state index contributed by atoms with van der Waals surface area (Å²) in [6.07, 6.45) is 3.45. The van der Waals surface area contributed by atoms with Gasteiger partial charge in [0.15, 0.2) is 0 Å². The fourth-order valence-electron chi connectivity index (χ4n) is 1.76. The van der Waals surface area contributed by atoms with Gasteiger partial charge in [0, 0.05) is 12.8 Å². The van der Waals surface area contributed by atoms with E-state index in [0.717, 1.165) is 19.3 Å². The standard InChI is InChI=1S/C13H22N2O6/c14-10(16)8-9(13(20)21)15-11(17)6-4-2-1-3-5-7-12(18)19/h9H,1-8H2,(H2,14,16)(H,15,17)(H,18,19)(H,20,21)/t9-/m0/s1. The van der Waals surface area contributed by atoms with Gasteiger partial charge in [-0.25, -0.2) is 4.79 Å². The third-order valence-electron chi connectivity index (χ3n) is 2.83. The van der Waals surface area contributed by atoms with Crippen molar-refractivity contribution >= 4 is 23.8 Å². The van der Waals surface area contributed by atoms with Gasteiger partial charge in [-0.2, -0.15) is 0 Å². The summed E-state index contributed by atoms with van der Waals surface area (Å²) in [6, 6.07) is -1.29. The molecule has 1 atom stereocenters. The molecule has 0 aromatic carbocycles. The minimum Gasteiger partial charge on any atom is -0.481 e. The zero-order chi connectivity index (χ0) is 16.3. The van der Waals surface area contributed by atoms with E-state index in [0.29, 0.717) is 12.8 Å². The van der Waals surface area contributed by atoms with Crippen LogP contribution in [0.5, 0.6) is 0 Å². The van der Waals surface area contributed by atoms with Crippen molar-refractivity contribution in [1.82, 2.24) is 5.32 Å². The Labute approximate surface area is 122 Å². The number of aliphatic carboxylic acids is 2. The molecule has 0 aromatic heterocycles. The maximum Gasteiger partial charge on any atom is 0.326 e. The van der Waals surface area contributed by atoms with Gasteiger partial charge in [-0.1, -0.05) is 19.3 Å². The Kier molecular flexibility index (Phi) is 9.57. The molecule has 8 nitrogen and oxygen atoms in total. The van der Waals surface area contributed by atoms with Gasteiger partial charge in [-0.15, -0.1) is 0 Å².